The van der Waals surface area contributed by atoms with E-state index in [9.17, 15) is 4.79 Å². The highest BCUT2D eigenvalue weighted by molar-refractivity contribution is 7.99. The minimum Gasteiger partial charge on any atom is -0.304 e. The summed E-state index contributed by atoms with van der Waals surface area (Å²) in [7, 11) is 0. The van der Waals surface area contributed by atoms with Crippen LogP contribution in [0.5, 0.6) is 0 Å². The molecule has 2 rings (SSSR count). The molecule has 2 aliphatic rings. The van der Waals surface area contributed by atoms with E-state index in [1.165, 1.54) is 5.06 Å². The highest BCUT2D eigenvalue weighted by atomic mass is 32.2. The average molecular weight is 216 g/mol. The van der Waals surface area contributed by atoms with E-state index in [0.717, 1.165) is 37.4 Å². The van der Waals surface area contributed by atoms with Gasteiger partial charge in [-0.3, -0.25) is 9.63 Å². The van der Waals surface area contributed by atoms with Crippen molar-refractivity contribution >= 4 is 17.7 Å². The Balaban J connectivity index is 1.85. The van der Waals surface area contributed by atoms with E-state index in [2.05, 4.69) is 5.32 Å². The molecule has 2 saturated heterocycles. The van der Waals surface area contributed by atoms with Crippen molar-refractivity contribution in [3.05, 3.63) is 0 Å². The summed E-state index contributed by atoms with van der Waals surface area (Å²) in [5, 5.41) is 4.76. The molecule has 80 valence electrons. The Bertz CT molecular complexity index is 181. The molecule has 0 aliphatic carbocycles. The van der Waals surface area contributed by atoms with Gasteiger partial charge in [-0.2, -0.15) is 11.8 Å². The number of hydroxylamine groups is 2. The van der Waals surface area contributed by atoms with E-state index in [4.69, 9.17) is 4.84 Å². The lowest BCUT2D eigenvalue weighted by molar-refractivity contribution is -0.198. The van der Waals surface area contributed by atoms with Crippen LogP contribution in [0.2, 0.25) is 0 Å². The molecule has 0 aromatic heterocycles. The smallest absolute Gasteiger partial charge is 0.264 e. The molecule has 14 heavy (non-hydrogen) atoms. The van der Waals surface area contributed by atoms with Crippen LogP contribution in [0.1, 0.15) is 12.8 Å². The first kappa shape index (κ1) is 10.3. The number of hydrogen-bond acceptors (Lipinski definition) is 4. The maximum absolute atomic E-state index is 11.9. The van der Waals surface area contributed by atoms with Gasteiger partial charge in [-0.05, 0) is 12.8 Å². The van der Waals surface area contributed by atoms with Gasteiger partial charge in [-0.25, -0.2) is 5.06 Å². The molecule has 0 aromatic rings. The van der Waals surface area contributed by atoms with Gasteiger partial charge in [0.1, 0.15) is 0 Å². The fourth-order valence-corrected chi connectivity index (χ4v) is 2.59. The number of rotatable bonds is 1. The zero-order valence-corrected chi connectivity index (χ0v) is 9.02. The van der Waals surface area contributed by atoms with Crippen molar-refractivity contribution in [2.24, 2.45) is 0 Å². The minimum absolute atomic E-state index is 0.0353. The van der Waals surface area contributed by atoms with Gasteiger partial charge < -0.3 is 5.32 Å². The van der Waals surface area contributed by atoms with Crippen LogP contribution in [0, 0.1) is 0 Å². The van der Waals surface area contributed by atoms with Crippen LogP contribution >= 0.6 is 11.8 Å². The van der Waals surface area contributed by atoms with E-state index >= 15 is 0 Å². The lowest BCUT2D eigenvalue weighted by atomic mass is 10.2. The van der Waals surface area contributed by atoms with Gasteiger partial charge in [0.2, 0.25) is 0 Å². The molecule has 1 atom stereocenters. The molecule has 0 spiro atoms. The second kappa shape index (κ2) is 5.00. The van der Waals surface area contributed by atoms with E-state index in [0.29, 0.717) is 6.61 Å². The van der Waals surface area contributed by atoms with Gasteiger partial charge in [-0.15, -0.1) is 0 Å². The Hall–Kier alpha value is -0.260. The van der Waals surface area contributed by atoms with Crippen molar-refractivity contribution in [1.29, 1.82) is 0 Å². The number of carbonyl (C=O) groups is 1. The minimum atomic E-state index is -0.0353. The highest BCUT2D eigenvalue weighted by Gasteiger charge is 2.27. The van der Waals surface area contributed by atoms with Gasteiger partial charge in [0.15, 0.2) is 0 Å². The predicted molar refractivity (Wildman–Crippen MR) is 56.0 cm³/mol. The molecule has 0 bridgehead atoms. The topological polar surface area (TPSA) is 41.6 Å². The number of thioether (sulfide) groups is 1. The molecular weight excluding hydrogens is 200 g/mol. The molecule has 2 aliphatic heterocycles. The third-order valence-electron chi connectivity index (χ3n) is 2.47. The predicted octanol–water partition coefficient (Wildman–Crippen LogP) is 0.245. The van der Waals surface area contributed by atoms with Crippen LogP contribution in [0.4, 0.5) is 0 Å². The van der Waals surface area contributed by atoms with Gasteiger partial charge in [0, 0.05) is 24.6 Å². The third kappa shape index (κ3) is 2.40. The second-order valence-corrected chi connectivity index (χ2v) is 4.71. The van der Waals surface area contributed by atoms with E-state index in [1.807, 2.05) is 11.8 Å². The summed E-state index contributed by atoms with van der Waals surface area (Å²) in [6.07, 6.45) is 2.13. The average Bonchev–Trinajstić information content (AvgIpc) is 2.30. The summed E-state index contributed by atoms with van der Waals surface area (Å²) in [5.41, 5.74) is 0. The molecule has 1 N–H and O–H groups in total. The molecule has 0 aromatic carbocycles. The summed E-state index contributed by atoms with van der Waals surface area (Å²) >= 11 is 1.83. The first-order valence-electron chi connectivity index (χ1n) is 5.13. The molecule has 1 amide bonds. The number of amides is 1. The second-order valence-electron chi connectivity index (χ2n) is 3.56. The van der Waals surface area contributed by atoms with E-state index < -0.39 is 0 Å². The van der Waals surface area contributed by atoms with E-state index in [-0.39, 0.29) is 11.9 Å². The third-order valence-corrected chi connectivity index (χ3v) is 3.53. The SMILES string of the molecule is O=C(C1CSCCN1)N1CCCCO1. The van der Waals surface area contributed by atoms with Gasteiger partial charge >= 0.3 is 0 Å². The van der Waals surface area contributed by atoms with Crippen molar-refractivity contribution in [1.82, 2.24) is 10.4 Å². The monoisotopic (exact) mass is 216 g/mol. The summed E-state index contributed by atoms with van der Waals surface area (Å²) in [6, 6.07) is -0.0353. The van der Waals surface area contributed by atoms with Crippen molar-refractivity contribution in [3.63, 3.8) is 0 Å². The molecule has 4 nitrogen and oxygen atoms in total. The summed E-state index contributed by atoms with van der Waals surface area (Å²) < 4.78 is 0. The summed E-state index contributed by atoms with van der Waals surface area (Å²) in [6.45, 7) is 2.36. The molecule has 2 fully saturated rings. The lowest BCUT2D eigenvalue weighted by Crippen LogP contribution is -2.51. The standard InChI is InChI=1S/C9H16N2O2S/c12-9(8-7-14-6-3-10-8)11-4-1-2-5-13-11/h8,10H,1-7H2. The Morgan fingerprint density at radius 2 is 2.43 bits per heavy atom. The number of nitrogens with one attached hydrogen (secondary N) is 1. The maximum Gasteiger partial charge on any atom is 0.264 e. The molecule has 1 unspecified atom stereocenters. The van der Waals surface area contributed by atoms with Crippen molar-refractivity contribution in [2.45, 2.75) is 18.9 Å². The number of carbonyl (C=O) groups excluding carboxylic acids is 1. The van der Waals surface area contributed by atoms with Crippen molar-refractivity contribution in [3.8, 4) is 0 Å². The Morgan fingerprint density at radius 1 is 1.50 bits per heavy atom. The van der Waals surface area contributed by atoms with Crippen molar-refractivity contribution < 1.29 is 9.63 Å². The molecular formula is C9H16N2O2S. The fraction of sp³-hybridized carbons (Fsp3) is 0.889. The number of nitrogens with zero attached hydrogens (tertiary/aromatic N) is 1. The highest BCUT2D eigenvalue weighted by Crippen LogP contribution is 2.13. The van der Waals surface area contributed by atoms with Crippen molar-refractivity contribution in [2.75, 3.05) is 31.2 Å². The normalized spacial score (nSPS) is 28.9. The van der Waals surface area contributed by atoms with Crippen LogP contribution in [-0.4, -0.2) is 48.2 Å². The zero-order chi connectivity index (χ0) is 9.80. The lowest BCUT2D eigenvalue weighted by Gasteiger charge is -2.31. The number of hydrogen-bond donors (Lipinski definition) is 1. The van der Waals surface area contributed by atoms with Crippen LogP contribution in [-0.2, 0) is 9.63 Å². The Morgan fingerprint density at radius 3 is 3.07 bits per heavy atom. The largest absolute Gasteiger partial charge is 0.304 e. The van der Waals surface area contributed by atoms with E-state index in [1.54, 1.807) is 0 Å². The quantitative estimate of drug-likeness (QED) is 0.682. The maximum atomic E-state index is 11.9. The van der Waals surface area contributed by atoms with Crippen LogP contribution < -0.4 is 5.32 Å². The van der Waals surface area contributed by atoms with Crippen LogP contribution in [0.3, 0.4) is 0 Å². The Kier molecular flexibility index (Phi) is 3.67. The zero-order valence-electron chi connectivity index (χ0n) is 8.20. The molecule has 0 radical (unpaired) electrons. The first-order valence-corrected chi connectivity index (χ1v) is 6.29. The fourth-order valence-electron chi connectivity index (χ4n) is 1.67. The molecule has 2 heterocycles. The first-order chi connectivity index (χ1) is 6.88. The van der Waals surface area contributed by atoms with Gasteiger partial charge in [-0.1, -0.05) is 0 Å². The summed E-state index contributed by atoms with van der Waals surface area (Å²) in [5.74, 6) is 2.08. The molecule has 5 heteroatoms. The summed E-state index contributed by atoms with van der Waals surface area (Å²) in [4.78, 5) is 17.2. The Labute approximate surface area is 88.3 Å². The van der Waals surface area contributed by atoms with Crippen LogP contribution in [0.25, 0.3) is 0 Å². The van der Waals surface area contributed by atoms with Crippen LogP contribution in [0.15, 0.2) is 0 Å². The van der Waals surface area contributed by atoms with Gasteiger partial charge in [0.05, 0.1) is 12.6 Å². The molecule has 0 saturated carbocycles. The van der Waals surface area contributed by atoms with Gasteiger partial charge in [0.25, 0.3) is 5.91 Å².